The molecule has 3 N–H and O–H groups in total. The fraction of sp³-hybridized carbons (Fsp3) is 0.633. The van der Waals surface area contributed by atoms with Crippen molar-refractivity contribution in [2.75, 3.05) is 0 Å². The van der Waals surface area contributed by atoms with Crippen LogP contribution < -0.4 is 0 Å². The Labute approximate surface area is 206 Å². The second-order valence-electron chi connectivity index (χ2n) is 9.87. The minimum atomic E-state index is -0.720. The molecule has 1 aliphatic rings. The van der Waals surface area contributed by atoms with Crippen molar-refractivity contribution in [3.05, 3.63) is 59.2 Å². The van der Waals surface area contributed by atoms with Gasteiger partial charge in [-0.1, -0.05) is 92.7 Å². The largest absolute Gasteiger partial charge is 0.481 e. The lowest BCUT2D eigenvalue weighted by molar-refractivity contribution is -0.137. The predicted molar refractivity (Wildman–Crippen MR) is 140 cm³/mol. The highest BCUT2D eigenvalue weighted by Crippen LogP contribution is 2.39. The van der Waals surface area contributed by atoms with Gasteiger partial charge in [0.2, 0.25) is 0 Å². The van der Waals surface area contributed by atoms with Crippen molar-refractivity contribution < 1.29 is 20.1 Å². The fourth-order valence-corrected chi connectivity index (χ4v) is 5.03. The van der Waals surface area contributed by atoms with Gasteiger partial charge in [0, 0.05) is 12.3 Å². The first-order valence-corrected chi connectivity index (χ1v) is 13.5. The van der Waals surface area contributed by atoms with Crippen molar-refractivity contribution in [2.45, 2.75) is 115 Å². The van der Waals surface area contributed by atoms with Crippen LogP contribution >= 0.6 is 0 Å². The molecule has 0 spiro atoms. The molecule has 0 radical (unpaired) electrons. The summed E-state index contributed by atoms with van der Waals surface area (Å²) >= 11 is 0. The highest BCUT2D eigenvalue weighted by Gasteiger charge is 2.30. The lowest BCUT2D eigenvalue weighted by Gasteiger charge is -2.16. The number of hydrogen-bond donors (Lipinski definition) is 3. The molecule has 0 saturated carbocycles. The summed E-state index contributed by atoms with van der Waals surface area (Å²) in [5, 5.41) is 30.0. The number of carboxylic acids is 1. The second-order valence-corrected chi connectivity index (χ2v) is 9.87. The molecule has 2 rings (SSSR count). The third kappa shape index (κ3) is 11.0. The van der Waals surface area contributed by atoms with E-state index < -0.39 is 18.2 Å². The summed E-state index contributed by atoms with van der Waals surface area (Å²) in [4.78, 5) is 10.7. The zero-order valence-electron chi connectivity index (χ0n) is 21.1. The molecule has 1 aromatic carbocycles. The summed E-state index contributed by atoms with van der Waals surface area (Å²) < 4.78 is 0. The van der Waals surface area contributed by atoms with Crippen LogP contribution in [0, 0.1) is 5.92 Å². The Morgan fingerprint density at radius 1 is 0.971 bits per heavy atom. The molecule has 4 nitrogen and oxygen atoms in total. The number of aliphatic hydroxyl groups excluding tert-OH is 2. The number of rotatable bonds is 18. The van der Waals surface area contributed by atoms with E-state index in [0.717, 1.165) is 89.9 Å². The summed E-state index contributed by atoms with van der Waals surface area (Å²) in [5.41, 5.74) is 4.14. The number of aliphatic hydroxyl groups is 2. The Morgan fingerprint density at radius 3 is 2.41 bits per heavy atom. The first-order valence-electron chi connectivity index (χ1n) is 13.5. The molecule has 4 heteroatoms. The Balaban J connectivity index is 1.93. The number of carboxylic acid groups (broad SMARTS) is 1. The fourth-order valence-electron chi connectivity index (χ4n) is 5.03. The van der Waals surface area contributed by atoms with Crippen LogP contribution in [0.3, 0.4) is 0 Å². The van der Waals surface area contributed by atoms with Gasteiger partial charge in [-0.3, -0.25) is 4.79 Å². The van der Waals surface area contributed by atoms with E-state index in [9.17, 15) is 15.0 Å². The highest BCUT2D eigenvalue weighted by atomic mass is 16.4. The van der Waals surface area contributed by atoms with E-state index in [1.54, 1.807) is 0 Å². The third-order valence-corrected chi connectivity index (χ3v) is 6.99. The SMILES string of the molecule is CCCCC[C@H](O)/C=C/[C@@H]1C(CCCCCCC(=O)O)=C(CCCCc2ccccc2)C[C@H]1O. The standard InChI is InChI=1S/C30H46O4/c1-2-3-7-18-26(31)21-22-28-27(19-10-4-5-11-20-30(33)34)25(23-29(28)32)17-13-12-16-24-14-8-6-9-15-24/h6,8-9,14-15,21-22,26,28-29,31-32H,2-5,7,10-13,16-20,23H2,1H3,(H,33,34)/b22-21+/t26-,28+,29+/m0/s1. The van der Waals surface area contributed by atoms with Gasteiger partial charge >= 0.3 is 5.97 Å². The molecule has 190 valence electrons. The molecule has 0 saturated heterocycles. The summed E-state index contributed by atoms with van der Waals surface area (Å²) in [7, 11) is 0. The van der Waals surface area contributed by atoms with E-state index in [0.29, 0.717) is 0 Å². The van der Waals surface area contributed by atoms with Crippen LogP contribution in [0.25, 0.3) is 0 Å². The van der Waals surface area contributed by atoms with Gasteiger partial charge in [0.15, 0.2) is 0 Å². The van der Waals surface area contributed by atoms with Crippen molar-refractivity contribution in [1.82, 2.24) is 0 Å². The lowest BCUT2D eigenvalue weighted by atomic mass is 9.91. The van der Waals surface area contributed by atoms with Crippen molar-refractivity contribution in [2.24, 2.45) is 5.92 Å². The minimum absolute atomic E-state index is 0.00367. The van der Waals surface area contributed by atoms with Crippen LogP contribution in [0.1, 0.15) is 102 Å². The number of unbranched alkanes of at least 4 members (excludes halogenated alkanes) is 6. The van der Waals surface area contributed by atoms with Gasteiger partial charge in [-0.15, -0.1) is 0 Å². The average Bonchev–Trinajstić information content (AvgIpc) is 3.12. The van der Waals surface area contributed by atoms with E-state index in [1.807, 2.05) is 6.08 Å². The molecule has 3 atom stereocenters. The van der Waals surface area contributed by atoms with Crippen LogP contribution in [0.15, 0.2) is 53.6 Å². The molecule has 0 aliphatic heterocycles. The Hall–Kier alpha value is -1.91. The molecule has 0 bridgehead atoms. The van der Waals surface area contributed by atoms with Crippen LogP contribution in [0.2, 0.25) is 0 Å². The zero-order valence-corrected chi connectivity index (χ0v) is 21.1. The topological polar surface area (TPSA) is 77.8 Å². The molecule has 34 heavy (non-hydrogen) atoms. The van der Waals surface area contributed by atoms with E-state index in [2.05, 4.69) is 43.3 Å². The lowest BCUT2D eigenvalue weighted by Crippen LogP contribution is -2.15. The van der Waals surface area contributed by atoms with Crippen molar-refractivity contribution in [3.63, 3.8) is 0 Å². The molecule has 0 unspecified atom stereocenters. The van der Waals surface area contributed by atoms with E-state index in [-0.39, 0.29) is 12.3 Å². The van der Waals surface area contributed by atoms with Crippen LogP contribution in [-0.2, 0) is 11.2 Å². The summed E-state index contributed by atoms with van der Waals surface area (Å²) in [6.45, 7) is 2.16. The van der Waals surface area contributed by atoms with Crippen molar-refractivity contribution in [3.8, 4) is 0 Å². The molecule has 0 amide bonds. The number of carbonyl (C=O) groups is 1. The Morgan fingerprint density at radius 2 is 1.68 bits per heavy atom. The van der Waals surface area contributed by atoms with Gasteiger partial charge < -0.3 is 15.3 Å². The third-order valence-electron chi connectivity index (χ3n) is 6.99. The number of aliphatic carboxylic acids is 1. The number of benzene rings is 1. The molecule has 1 aliphatic carbocycles. The quantitative estimate of drug-likeness (QED) is 0.159. The Bertz CT molecular complexity index is 752. The molecule has 1 aromatic rings. The van der Waals surface area contributed by atoms with Gasteiger partial charge in [-0.2, -0.15) is 0 Å². The predicted octanol–water partition coefficient (Wildman–Crippen LogP) is 7.00. The maximum absolute atomic E-state index is 10.9. The zero-order chi connectivity index (χ0) is 24.6. The summed E-state index contributed by atoms with van der Waals surface area (Å²) in [6.07, 6.45) is 17.2. The normalized spacial score (nSPS) is 19.3. The first-order chi connectivity index (χ1) is 16.5. The molecular formula is C30H46O4. The molecule has 0 aromatic heterocycles. The number of hydrogen-bond acceptors (Lipinski definition) is 3. The molecule has 0 heterocycles. The smallest absolute Gasteiger partial charge is 0.303 e. The van der Waals surface area contributed by atoms with E-state index in [1.165, 1.54) is 16.7 Å². The average molecular weight is 471 g/mol. The van der Waals surface area contributed by atoms with Crippen molar-refractivity contribution in [1.29, 1.82) is 0 Å². The van der Waals surface area contributed by atoms with E-state index in [4.69, 9.17) is 5.11 Å². The van der Waals surface area contributed by atoms with Gasteiger partial charge in [0.25, 0.3) is 0 Å². The van der Waals surface area contributed by atoms with Gasteiger partial charge in [0.1, 0.15) is 0 Å². The monoisotopic (exact) mass is 470 g/mol. The van der Waals surface area contributed by atoms with Gasteiger partial charge in [-0.05, 0) is 63.4 Å². The summed E-state index contributed by atoms with van der Waals surface area (Å²) in [5.74, 6) is -0.717. The maximum Gasteiger partial charge on any atom is 0.303 e. The van der Waals surface area contributed by atoms with Crippen LogP contribution in [-0.4, -0.2) is 33.5 Å². The van der Waals surface area contributed by atoms with Gasteiger partial charge in [0.05, 0.1) is 12.2 Å². The molecule has 0 fully saturated rings. The molecular weight excluding hydrogens is 424 g/mol. The van der Waals surface area contributed by atoms with Gasteiger partial charge in [-0.25, -0.2) is 0 Å². The Kier molecular flexibility index (Phi) is 13.9. The number of aryl methyl sites for hydroxylation is 1. The van der Waals surface area contributed by atoms with Crippen molar-refractivity contribution >= 4 is 5.97 Å². The van der Waals surface area contributed by atoms with Crippen LogP contribution in [0.5, 0.6) is 0 Å². The van der Waals surface area contributed by atoms with E-state index >= 15 is 0 Å². The second kappa shape index (κ2) is 16.7. The minimum Gasteiger partial charge on any atom is -0.481 e. The summed E-state index contributed by atoms with van der Waals surface area (Å²) in [6, 6.07) is 10.6. The first kappa shape index (κ1) is 28.3. The maximum atomic E-state index is 10.9. The highest BCUT2D eigenvalue weighted by molar-refractivity contribution is 5.66. The van der Waals surface area contributed by atoms with Crippen LogP contribution in [0.4, 0.5) is 0 Å².